The molecule has 0 amide bonds. The second-order valence-corrected chi connectivity index (χ2v) is 7.06. The van der Waals surface area contributed by atoms with Crippen LogP contribution in [0.15, 0.2) is 28.9 Å². The minimum absolute atomic E-state index is 0.165. The Labute approximate surface area is 161 Å². The van der Waals surface area contributed by atoms with Crippen LogP contribution in [0.3, 0.4) is 0 Å². The summed E-state index contributed by atoms with van der Waals surface area (Å²) in [7, 11) is 9.04. The normalized spacial score (nSPS) is 19.0. The molecule has 1 aliphatic rings. The average Bonchev–Trinajstić information content (AvgIpc) is 3.16. The van der Waals surface area contributed by atoms with Crippen molar-refractivity contribution in [3.05, 3.63) is 41.3 Å². The molecule has 0 aliphatic heterocycles. The predicted molar refractivity (Wildman–Crippen MR) is 103 cm³/mol. The number of aryl methyl sites for hydroxylation is 1. The van der Waals surface area contributed by atoms with Crippen LogP contribution in [0.25, 0.3) is 0 Å². The zero-order valence-corrected chi connectivity index (χ0v) is 16.8. The lowest BCUT2D eigenvalue weighted by Gasteiger charge is -2.42. The van der Waals surface area contributed by atoms with Crippen LogP contribution < -0.4 is 14.2 Å². The molecule has 0 radical (unpaired) electrons. The Balaban J connectivity index is 1.78. The summed E-state index contributed by atoms with van der Waals surface area (Å²) in [6.07, 6.45) is 4.91. The first-order valence-electron chi connectivity index (χ1n) is 9.16. The van der Waals surface area contributed by atoms with Gasteiger partial charge in [0.05, 0.1) is 46.3 Å². The van der Waals surface area contributed by atoms with Gasteiger partial charge in [-0.2, -0.15) is 0 Å². The molecule has 1 aromatic heterocycles. The van der Waals surface area contributed by atoms with Crippen molar-refractivity contribution in [1.82, 2.24) is 4.90 Å². The topological polar surface area (TPSA) is 53.3 Å². The number of furan rings is 1. The van der Waals surface area contributed by atoms with Gasteiger partial charge >= 0.3 is 0 Å². The number of rotatable bonds is 8. The fraction of sp³-hybridized carbons (Fsp3) is 0.524. The van der Waals surface area contributed by atoms with E-state index in [4.69, 9.17) is 23.4 Å². The highest BCUT2D eigenvalue weighted by molar-refractivity contribution is 5.53. The maximum atomic E-state index is 6.19. The molecule has 0 fully saturated rings. The molecule has 0 spiro atoms. The Morgan fingerprint density at radius 3 is 2.37 bits per heavy atom. The van der Waals surface area contributed by atoms with Crippen LogP contribution in [0, 0.1) is 0 Å². The molecule has 6 heteroatoms. The molecule has 1 aromatic carbocycles. The summed E-state index contributed by atoms with van der Waals surface area (Å²) in [6, 6.07) is 5.93. The molecule has 0 N–H and O–H groups in total. The summed E-state index contributed by atoms with van der Waals surface area (Å²) in [5.41, 5.74) is 2.05. The van der Waals surface area contributed by atoms with E-state index < -0.39 is 0 Å². The quantitative estimate of drug-likeness (QED) is 0.702. The van der Waals surface area contributed by atoms with Gasteiger partial charge in [-0.3, -0.25) is 4.90 Å². The first-order chi connectivity index (χ1) is 13.1. The van der Waals surface area contributed by atoms with Gasteiger partial charge < -0.3 is 23.4 Å². The van der Waals surface area contributed by atoms with Gasteiger partial charge in [-0.05, 0) is 50.7 Å². The predicted octanol–water partition coefficient (Wildman–Crippen LogP) is 3.62. The van der Waals surface area contributed by atoms with Crippen LogP contribution in [0.5, 0.6) is 17.2 Å². The molecule has 0 bridgehead atoms. The smallest absolute Gasteiger partial charge is 0.203 e. The SMILES string of the molecule is COc1cc(COCC2(N(C)C)CCCc3occc32)cc(OC)c1OC. The van der Waals surface area contributed by atoms with Gasteiger partial charge in [0.25, 0.3) is 0 Å². The standard InChI is InChI=1S/C21H29NO5/c1-22(2)21(9-6-7-17-16(21)8-10-27-17)14-26-13-15-11-18(23-3)20(25-5)19(12-15)24-4/h8,10-12H,6-7,9,13-14H2,1-5H3. The van der Waals surface area contributed by atoms with Crippen molar-refractivity contribution >= 4 is 0 Å². The highest BCUT2D eigenvalue weighted by Crippen LogP contribution is 2.41. The number of ether oxygens (including phenoxy) is 4. The third-order valence-electron chi connectivity index (χ3n) is 5.43. The van der Waals surface area contributed by atoms with Crippen LogP contribution in [0.1, 0.15) is 29.7 Å². The van der Waals surface area contributed by atoms with E-state index in [1.807, 2.05) is 12.1 Å². The van der Waals surface area contributed by atoms with Gasteiger partial charge in [0.2, 0.25) is 5.75 Å². The van der Waals surface area contributed by atoms with Gasteiger partial charge in [-0.1, -0.05) is 0 Å². The van der Waals surface area contributed by atoms with Crippen molar-refractivity contribution in [2.75, 3.05) is 42.0 Å². The summed E-state index contributed by atoms with van der Waals surface area (Å²) in [5, 5.41) is 0. The summed E-state index contributed by atoms with van der Waals surface area (Å²) in [5.74, 6) is 2.93. The lowest BCUT2D eigenvalue weighted by molar-refractivity contribution is -0.00677. The molecule has 27 heavy (non-hydrogen) atoms. The van der Waals surface area contributed by atoms with Gasteiger partial charge in [-0.25, -0.2) is 0 Å². The van der Waals surface area contributed by atoms with Crippen LogP contribution in [-0.4, -0.2) is 46.9 Å². The third-order valence-corrected chi connectivity index (χ3v) is 5.43. The zero-order valence-electron chi connectivity index (χ0n) is 16.8. The Morgan fingerprint density at radius 2 is 1.78 bits per heavy atom. The average molecular weight is 375 g/mol. The lowest BCUT2D eigenvalue weighted by Crippen LogP contribution is -2.47. The third kappa shape index (κ3) is 3.64. The van der Waals surface area contributed by atoms with Crippen LogP contribution >= 0.6 is 0 Å². The molecule has 1 unspecified atom stereocenters. The largest absolute Gasteiger partial charge is 0.493 e. The molecule has 148 valence electrons. The Morgan fingerprint density at radius 1 is 1.07 bits per heavy atom. The molecular weight excluding hydrogens is 346 g/mol. The highest BCUT2D eigenvalue weighted by Gasteiger charge is 2.40. The summed E-state index contributed by atoms with van der Waals surface area (Å²) >= 11 is 0. The zero-order chi connectivity index (χ0) is 19.4. The summed E-state index contributed by atoms with van der Waals surface area (Å²) < 4.78 is 28.1. The van der Waals surface area contributed by atoms with E-state index in [-0.39, 0.29) is 5.54 Å². The molecule has 3 rings (SSSR count). The maximum absolute atomic E-state index is 6.19. The molecule has 1 aliphatic carbocycles. The van der Waals surface area contributed by atoms with E-state index in [0.717, 1.165) is 30.6 Å². The maximum Gasteiger partial charge on any atom is 0.203 e. The number of benzene rings is 1. The van der Waals surface area contributed by atoms with E-state index in [1.54, 1.807) is 27.6 Å². The number of nitrogens with zero attached hydrogens (tertiary/aromatic N) is 1. The molecule has 0 saturated carbocycles. The molecular formula is C21H29NO5. The van der Waals surface area contributed by atoms with E-state index in [2.05, 4.69) is 25.1 Å². The highest BCUT2D eigenvalue weighted by atomic mass is 16.5. The summed E-state index contributed by atoms with van der Waals surface area (Å²) in [4.78, 5) is 2.25. The lowest BCUT2D eigenvalue weighted by atomic mass is 9.79. The number of hydrogen-bond acceptors (Lipinski definition) is 6. The van der Waals surface area contributed by atoms with E-state index in [9.17, 15) is 0 Å². The number of hydrogen-bond donors (Lipinski definition) is 0. The van der Waals surface area contributed by atoms with Crippen molar-refractivity contribution in [3.8, 4) is 17.2 Å². The van der Waals surface area contributed by atoms with E-state index in [0.29, 0.717) is 30.5 Å². The minimum Gasteiger partial charge on any atom is -0.493 e. The van der Waals surface area contributed by atoms with Gasteiger partial charge in [0, 0.05) is 12.0 Å². The van der Waals surface area contributed by atoms with E-state index >= 15 is 0 Å². The van der Waals surface area contributed by atoms with Crippen LogP contribution in [-0.2, 0) is 23.3 Å². The first-order valence-corrected chi connectivity index (χ1v) is 9.16. The van der Waals surface area contributed by atoms with Crippen molar-refractivity contribution in [2.24, 2.45) is 0 Å². The summed E-state index contributed by atoms with van der Waals surface area (Å²) in [6.45, 7) is 1.04. The minimum atomic E-state index is -0.165. The van der Waals surface area contributed by atoms with E-state index in [1.165, 1.54) is 5.56 Å². The van der Waals surface area contributed by atoms with Crippen molar-refractivity contribution in [2.45, 2.75) is 31.4 Å². The van der Waals surface area contributed by atoms with Crippen molar-refractivity contribution < 1.29 is 23.4 Å². The van der Waals surface area contributed by atoms with Gasteiger partial charge in [0.1, 0.15) is 5.76 Å². The Kier molecular flexibility index (Phi) is 5.97. The number of fused-ring (bicyclic) bond motifs is 1. The van der Waals surface area contributed by atoms with Crippen molar-refractivity contribution in [1.29, 1.82) is 0 Å². The fourth-order valence-electron chi connectivity index (χ4n) is 3.92. The molecule has 1 heterocycles. The molecule has 1 atom stereocenters. The van der Waals surface area contributed by atoms with Crippen LogP contribution in [0.2, 0.25) is 0 Å². The molecule has 2 aromatic rings. The Bertz CT molecular complexity index is 745. The monoisotopic (exact) mass is 375 g/mol. The fourth-order valence-corrected chi connectivity index (χ4v) is 3.92. The molecule has 6 nitrogen and oxygen atoms in total. The number of likely N-dealkylation sites (N-methyl/N-ethyl adjacent to an activating group) is 1. The number of methoxy groups -OCH3 is 3. The van der Waals surface area contributed by atoms with Gasteiger partial charge in [0.15, 0.2) is 11.5 Å². The molecule has 0 saturated heterocycles. The second-order valence-electron chi connectivity index (χ2n) is 7.06. The van der Waals surface area contributed by atoms with Crippen molar-refractivity contribution in [3.63, 3.8) is 0 Å². The van der Waals surface area contributed by atoms with Crippen LogP contribution in [0.4, 0.5) is 0 Å². The first kappa shape index (κ1) is 19.6. The Hall–Kier alpha value is -2.18. The van der Waals surface area contributed by atoms with Gasteiger partial charge in [-0.15, -0.1) is 0 Å². The second kappa shape index (κ2) is 8.23.